The lowest BCUT2D eigenvalue weighted by Crippen LogP contribution is -2.01. The van der Waals surface area contributed by atoms with Crippen LogP contribution in [0.15, 0.2) is 42.5 Å². The van der Waals surface area contributed by atoms with Gasteiger partial charge in [0.15, 0.2) is 6.29 Å². The Morgan fingerprint density at radius 2 is 1.79 bits per heavy atom. The van der Waals surface area contributed by atoms with E-state index < -0.39 is 0 Å². The molecule has 2 N–H and O–H groups in total. The molecule has 2 aromatic carbocycles. The second-order valence-electron chi connectivity index (χ2n) is 4.74. The Bertz CT molecular complexity index is 618. The molecule has 0 heterocycles. The summed E-state index contributed by atoms with van der Waals surface area (Å²) in [5, 5.41) is 0. The quantitative estimate of drug-likeness (QED) is 0.672. The molecule has 3 heteroatoms. The third-order valence-corrected chi connectivity index (χ3v) is 3.26. The van der Waals surface area contributed by atoms with Gasteiger partial charge in [-0.1, -0.05) is 36.4 Å². The molecule has 3 rings (SSSR count). The minimum absolute atomic E-state index is 0.305. The molecule has 19 heavy (non-hydrogen) atoms. The SMILES string of the molecule is Nc1c(OC2CC2)cccc1-c1ccccc1C=O. The van der Waals surface area contributed by atoms with E-state index in [0.29, 0.717) is 23.1 Å². The maximum absolute atomic E-state index is 11.1. The molecule has 1 aliphatic carbocycles. The van der Waals surface area contributed by atoms with Crippen LogP contribution in [0.3, 0.4) is 0 Å². The third-order valence-electron chi connectivity index (χ3n) is 3.26. The number of nitrogens with two attached hydrogens (primary N) is 1. The fourth-order valence-electron chi connectivity index (χ4n) is 2.09. The van der Waals surface area contributed by atoms with E-state index >= 15 is 0 Å². The van der Waals surface area contributed by atoms with Gasteiger partial charge in [0, 0.05) is 11.1 Å². The van der Waals surface area contributed by atoms with Gasteiger partial charge in [-0.2, -0.15) is 0 Å². The molecule has 3 nitrogen and oxygen atoms in total. The third kappa shape index (κ3) is 2.32. The van der Waals surface area contributed by atoms with Crippen molar-refractivity contribution in [3.05, 3.63) is 48.0 Å². The smallest absolute Gasteiger partial charge is 0.150 e. The summed E-state index contributed by atoms with van der Waals surface area (Å²) in [6.07, 6.45) is 3.34. The number of hydrogen-bond acceptors (Lipinski definition) is 3. The zero-order chi connectivity index (χ0) is 13.2. The fourth-order valence-corrected chi connectivity index (χ4v) is 2.09. The molecule has 1 fully saturated rings. The van der Waals surface area contributed by atoms with Crippen molar-refractivity contribution in [1.82, 2.24) is 0 Å². The van der Waals surface area contributed by atoms with Crippen LogP contribution in [0, 0.1) is 0 Å². The molecule has 0 amide bonds. The monoisotopic (exact) mass is 253 g/mol. The van der Waals surface area contributed by atoms with Gasteiger partial charge in [-0.15, -0.1) is 0 Å². The van der Waals surface area contributed by atoms with Crippen LogP contribution in [-0.2, 0) is 0 Å². The van der Waals surface area contributed by atoms with Gasteiger partial charge in [0.25, 0.3) is 0 Å². The average molecular weight is 253 g/mol. The Balaban J connectivity index is 2.06. The zero-order valence-corrected chi connectivity index (χ0v) is 10.5. The molecule has 96 valence electrons. The van der Waals surface area contributed by atoms with Crippen molar-refractivity contribution in [3.8, 4) is 16.9 Å². The first-order valence-corrected chi connectivity index (χ1v) is 6.39. The van der Waals surface area contributed by atoms with E-state index in [4.69, 9.17) is 10.5 Å². The van der Waals surface area contributed by atoms with Crippen LogP contribution in [0.5, 0.6) is 5.75 Å². The van der Waals surface area contributed by atoms with Crippen LogP contribution in [0.25, 0.3) is 11.1 Å². The lowest BCUT2D eigenvalue weighted by Gasteiger charge is -2.13. The topological polar surface area (TPSA) is 52.3 Å². The second kappa shape index (κ2) is 4.76. The largest absolute Gasteiger partial charge is 0.488 e. The minimum atomic E-state index is 0.305. The molecule has 0 spiro atoms. The van der Waals surface area contributed by atoms with Crippen molar-refractivity contribution >= 4 is 12.0 Å². The Morgan fingerprint density at radius 1 is 1.05 bits per heavy atom. The Morgan fingerprint density at radius 3 is 2.53 bits per heavy atom. The number of para-hydroxylation sites is 1. The Labute approximate surface area is 112 Å². The molecule has 1 saturated carbocycles. The highest BCUT2D eigenvalue weighted by atomic mass is 16.5. The first-order chi connectivity index (χ1) is 9.29. The number of carbonyl (C=O) groups is 1. The number of aldehydes is 1. The van der Waals surface area contributed by atoms with Crippen molar-refractivity contribution in [3.63, 3.8) is 0 Å². The normalized spacial score (nSPS) is 14.1. The van der Waals surface area contributed by atoms with Gasteiger partial charge in [-0.3, -0.25) is 4.79 Å². The summed E-state index contributed by atoms with van der Waals surface area (Å²) in [6, 6.07) is 13.1. The molecule has 0 bridgehead atoms. The van der Waals surface area contributed by atoms with Crippen LogP contribution < -0.4 is 10.5 Å². The molecular formula is C16H15NO2. The van der Waals surface area contributed by atoms with Gasteiger partial charge in [-0.05, 0) is 24.5 Å². The number of carbonyl (C=O) groups excluding carboxylic acids is 1. The average Bonchev–Trinajstić information content (AvgIpc) is 3.25. The van der Waals surface area contributed by atoms with Gasteiger partial charge >= 0.3 is 0 Å². The molecule has 0 radical (unpaired) electrons. The summed E-state index contributed by atoms with van der Waals surface area (Å²) in [4.78, 5) is 11.1. The number of rotatable bonds is 4. The molecule has 2 aromatic rings. The summed E-state index contributed by atoms with van der Waals surface area (Å²) >= 11 is 0. The molecule has 0 atom stereocenters. The van der Waals surface area contributed by atoms with E-state index in [1.165, 1.54) is 0 Å². The van der Waals surface area contributed by atoms with Crippen molar-refractivity contribution in [2.75, 3.05) is 5.73 Å². The van der Waals surface area contributed by atoms with Crippen LogP contribution >= 0.6 is 0 Å². The second-order valence-corrected chi connectivity index (χ2v) is 4.74. The number of hydrogen-bond donors (Lipinski definition) is 1. The molecule has 0 aliphatic heterocycles. The standard InChI is InChI=1S/C16H15NO2/c17-16-14(13-5-2-1-4-11(13)10-18)6-3-7-15(16)19-12-8-9-12/h1-7,10,12H,8-9,17H2. The highest BCUT2D eigenvalue weighted by molar-refractivity contribution is 5.92. The summed E-state index contributed by atoms with van der Waals surface area (Å²) < 4.78 is 5.78. The highest BCUT2D eigenvalue weighted by Gasteiger charge is 2.24. The van der Waals surface area contributed by atoms with E-state index in [0.717, 1.165) is 30.3 Å². The first-order valence-electron chi connectivity index (χ1n) is 6.39. The molecule has 0 aromatic heterocycles. The number of ether oxygens (including phenoxy) is 1. The maximum atomic E-state index is 11.1. The van der Waals surface area contributed by atoms with Crippen molar-refractivity contribution < 1.29 is 9.53 Å². The lowest BCUT2D eigenvalue weighted by atomic mass is 9.98. The fraction of sp³-hybridized carbons (Fsp3) is 0.188. The van der Waals surface area contributed by atoms with Crippen LogP contribution in [0.2, 0.25) is 0 Å². The van der Waals surface area contributed by atoms with E-state index in [9.17, 15) is 4.79 Å². The van der Waals surface area contributed by atoms with Crippen LogP contribution in [0.4, 0.5) is 5.69 Å². The predicted molar refractivity (Wildman–Crippen MR) is 75.3 cm³/mol. The Hall–Kier alpha value is -2.29. The van der Waals surface area contributed by atoms with Crippen molar-refractivity contribution in [2.45, 2.75) is 18.9 Å². The highest BCUT2D eigenvalue weighted by Crippen LogP contribution is 2.37. The molecular weight excluding hydrogens is 238 g/mol. The maximum Gasteiger partial charge on any atom is 0.150 e. The van der Waals surface area contributed by atoms with Crippen LogP contribution in [-0.4, -0.2) is 12.4 Å². The van der Waals surface area contributed by atoms with Crippen molar-refractivity contribution in [1.29, 1.82) is 0 Å². The summed E-state index contributed by atoms with van der Waals surface area (Å²) in [5.41, 5.74) is 9.10. The van der Waals surface area contributed by atoms with Crippen molar-refractivity contribution in [2.24, 2.45) is 0 Å². The lowest BCUT2D eigenvalue weighted by molar-refractivity contribution is 0.112. The van der Waals surface area contributed by atoms with E-state index in [1.807, 2.05) is 36.4 Å². The van der Waals surface area contributed by atoms with Gasteiger partial charge in [-0.25, -0.2) is 0 Å². The van der Waals surface area contributed by atoms with Gasteiger partial charge in [0.1, 0.15) is 5.75 Å². The Kier molecular flexibility index (Phi) is 2.95. The molecule has 1 aliphatic rings. The van der Waals surface area contributed by atoms with Crippen LogP contribution in [0.1, 0.15) is 23.2 Å². The van der Waals surface area contributed by atoms with E-state index in [1.54, 1.807) is 6.07 Å². The molecule has 0 unspecified atom stereocenters. The van der Waals surface area contributed by atoms with E-state index in [-0.39, 0.29) is 0 Å². The van der Waals surface area contributed by atoms with Gasteiger partial charge < -0.3 is 10.5 Å². The zero-order valence-electron chi connectivity index (χ0n) is 10.5. The first kappa shape index (κ1) is 11.8. The minimum Gasteiger partial charge on any atom is -0.488 e. The number of anilines is 1. The number of nitrogen functional groups attached to an aromatic ring is 1. The van der Waals surface area contributed by atoms with Gasteiger partial charge in [0.05, 0.1) is 11.8 Å². The predicted octanol–water partition coefficient (Wildman–Crippen LogP) is 3.29. The number of benzene rings is 2. The van der Waals surface area contributed by atoms with Gasteiger partial charge in [0.2, 0.25) is 0 Å². The van der Waals surface area contributed by atoms with E-state index in [2.05, 4.69) is 0 Å². The summed E-state index contributed by atoms with van der Waals surface area (Å²) in [6.45, 7) is 0. The summed E-state index contributed by atoms with van der Waals surface area (Å²) in [5.74, 6) is 0.709. The molecule has 0 saturated heterocycles. The summed E-state index contributed by atoms with van der Waals surface area (Å²) in [7, 11) is 0.